The van der Waals surface area contributed by atoms with Crippen molar-refractivity contribution in [1.82, 2.24) is 4.98 Å². The lowest BCUT2D eigenvalue weighted by Crippen LogP contribution is -2.05. The Morgan fingerprint density at radius 2 is 1.91 bits per heavy atom. The van der Waals surface area contributed by atoms with Crippen molar-refractivity contribution in [2.45, 2.75) is 46.0 Å². The number of aliphatic hydroxyl groups excluding tert-OH is 1. The molecule has 0 aliphatic heterocycles. The average Bonchev–Trinajstić information content (AvgIpc) is 3.23. The van der Waals surface area contributed by atoms with Crippen LogP contribution in [-0.2, 0) is 6.42 Å². The summed E-state index contributed by atoms with van der Waals surface area (Å²) in [6.45, 7) is 6.77. The molecule has 0 spiro atoms. The van der Waals surface area contributed by atoms with E-state index in [0.717, 1.165) is 33.3 Å². The normalized spacial score (nSPS) is 11.1. The van der Waals surface area contributed by atoms with Crippen molar-refractivity contribution in [3.8, 4) is 22.1 Å². The van der Waals surface area contributed by atoms with Crippen LogP contribution in [-0.4, -0.2) is 36.2 Å². The molecule has 3 rings (SSSR count). The van der Waals surface area contributed by atoms with Gasteiger partial charge in [-0.2, -0.15) is 0 Å². The van der Waals surface area contributed by atoms with Crippen LogP contribution in [0.4, 0.5) is 0 Å². The first-order valence-corrected chi connectivity index (χ1v) is 11.8. The van der Waals surface area contributed by atoms with Gasteiger partial charge in [0.15, 0.2) is 5.78 Å². The molecule has 0 aliphatic rings. The zero-order chi connectivity index (χ0) is 23.1. The van der Waals surface area contributed by atoms with Crippen molar-refractivity contribution in [3.05, 3.63) is 64.2 Å². The number of nitrogens with zero attached hydrogens (tertiary/aromatic N) is 1. The topological polar surface area (TPSA) is 68.7 Å². The molecule has 0 amide bonds. The second-order valence-corrected chi connectivity index (χ2v) is 9.12. The molecule has 1 aromatic heterocycles. The molecule has 1 N–H and O–H groups in total. The largest absolute Gasteiger partial charge is 0.497 e. The maximum absolute atomic E-state index is 12.9. The molecular formula is C26H31NO4S. The molecular weight excluding hydrogens is 422 g/mol. The first kappa shape index (κ1) is 24.0. The standard InChI is InChI=1S/C26H31NO4S/c1-17(2)25-24(32-26(27-25)19-6-9-21(30-4)10-7-19)13-11-22(29)20-8-12-23(18(3)16-20)31-15-5-14-28/h6-10,12,16-17,28H,5,11,13-15H2,1-4H3. The van der Waals surface area contributed by atoms with Crippen molar-refractivity contribution in [2.24, 2.45) is 0 Å². The molecule has 0 aliphatic carbocycles. The Morgan fingerprint density at radius 1 is 1.16 bits per heavy atom. The van der Waals surface area contributed by atoms with Crippen LogP contribution in [0.2, 0.25) is 0 Å². The Morgan fingerprint density at radius 3 is 2.53 bits per heavy atom. The molecule has 2 aromatic carbocycles. The third-order valence-electron chi connectivity index (χ3n) is 5.25. The molecule has 0 unspecified atom stereocenters. The number of aliphatic hydroxyl groups is 1. The van der Waals surface area contributed by atoms with Gasteiger partial charge in [-0.25, -0.2) is 4.98 Å². The fourth-order valence-electron chi connectivity index (χ4n) is 3.45. The number of thiazole rings is 1. The minimum atomic E-state index is 0.103. The first-order valence-electron chi connectivity index (χ1n) is 10.9. The molecule has 0 atom stereocenters. The molecule has 0 radical (unpaired) electrons. The Kier molecular flexibility index (Phi) is 8.42. The van der Waals surface area contributed by atoms with Gasteiger partial charge in [0.2, 0.25) is 0 Å². The number of methoxy groups -OCH3 is 1. The predicted octanol–water partition coefficient (Wildman–Crippen LogP) is 5.83. The molecule has 0 fully saturated rings. The van der Waals surface area contributed by atoms with Crippen molar-refractivity contribution in [1.29, 1.82) is 0 Å². The van der Waals surface area contributed by atoms with Gasteiger partial charge in [-0.1, -0.05) is 13.8 Å². The minimum Gasteiger partial charge on any atom is -0.497 e. The summed E-state index contributed by atoms with van der Waals surface area (Å²) in [5.41, 5.74) is 3.75. The monoisotopic (exact) mass is 453 g/mol. The summed E-state index contributed by atoms with van der Waals surface area (Å²) < 4.78 is 10.9. The van der Waals surface area contributed by atoms with Gasteiger partial charge in [0.05, 0.1) is 19.4 Å². The highest BCUT2D eigenvalue weighted by Gasteiger charge is 2.17. The highest BCUT2D eigenvalue weighted by atomic mass is 32.1. The first-order chi connectivity index (χ1) is 15.4. The number of ketones is 1. The third-order valence-corrected chi connectivity index (χ3v) is 6.43. The van der Waals surface area contributed by atoms with Crippen LogP contribution >= 0.6 is 11.3 Å². The fraction of sp³-hybridized carbons (Fsp3) is 0.385. The summed E-state index contributed by atoms with van der Waals surface area (Å²) in [5.74, 6) is 1.98. The molecule has 1 heterocycles. The van der Waals surface area contributed by atoms with Crippen molar-refractivity contribution in [3.63, 3.8) is 0 Å². The van der Waals surface area contributed by atoms with Crippen LogP contribution in [0.5, 0.6) is 11.5 Å². The van der Waals surface area contributed by atoms with E-state index < -0.39 is 0 Å². The number of carbonyl (C=O) groups is 1. The summed E-state index contributed by atoms with van der Waals surface area (Å²) in [6, 6.07) is 13.5. The SMILES string of the molecule is COc1ccc(-c2nc(C(C)C)c(CCC(=O)c3ccc(OCCCO)c(C)c3)s2)cc1. The van der Waals surface area contributed by atoms with E-state index in [0.29, 0.717) is 37.4 Å². The van der Waals surface area contributed by atoms with Crippen LogP contribution in [0.15, 0.2) is 42.5 Å². The Labute approximate surface area is 194 Å². The summed E-state index contributed by atoms with van der Waals surface area (Å²) >= 11 is 1.66. The van der Waals surface area contributed by atoms with Crippen molar-refractivity contribution >= 4 is 17.1 Å². The smallest absolute Gasteiger partial charge is 0.163 e. The number of rotatable bonds is 11. The highest BCUT2D eigenvalue weighted by Crippen LogP contribution is 2.33. The van der Waals surface area contributed by atoms with E-state index >= 15 is 0 Å². The number of hydrogen-bond donors (Lipinski definition) is 1. The van der Waals surface area contributed by atoms with Gasteiger partial charge in [0.25, 0.3) is 0 Å². The van der Waals surface area contributed by atoms with E-state index in [-0.39, 0.29) is 12.4 Å². The second-order valence-electron chi connectivity index (χ2n) is 8.04. The van der Waals surface area contributed by atoms with Gasteiger partial charge in [-0.05, 0) is 67.3 Å². The molecule has 3 aromatic rings. The minimum absolute atomic E-state index is 0.103. The zero-order valence-electron chi connectivity index (χ0n) is 19.2. The maximum atomic E-state index is 12.9. The summed E-state index contributed by atoms with van der Waals surface area (Å²) in [5, 5.41) is 9.86. The highest BCUT2D eigenvalue weighted by molar-refractivity contribution is 7.15. The lowest BCUT2D eigenvalue weighted by Gasteiger charge is -2.10. The number of ether oxygens (including phenoxy) is 2. The maximum Gasteiger partial charge on any atom is 0.163 e. The summed E-state index contributed by atoms with van der Waals surface area (Å²) in [4.78, 5) is 18.9. The Balaban J connectivity index is 1.70. The quantitative estimate of drug-likeness (QED) is 0.292. The second kappa shape index (κ2) is 11.2. The number of hydrogen-bond acceptors (Lipinski definition) is 6. The molecule has 5 nitrogen and oxygen atoms in total. The Hall–Kier alpha value is -2.70. The van der Waals surface area contributed by atoms with Gasteiger partial charge in [-0.15, -0.1) is 11.3 Å². The Bertz CT molecular complexity index is 1040. The number of Topliss-reactive ketones (excluding diaryl/α,β-unsaturated/α-hetero) is 1. The van der Waals surface area contributed by atoms with Crippen LogP contribution < -0.4 is 9.47 Å². The van der Waals surface area contributed by atoms with Gasteiger partial charge in [0, 0.05) is 35.5 Å². The number of benzene rings is 2. The van der Waals surface area contributed by atoms with Gasteiger partial charge < -0.3 is 14.6 Å². The third kappa shape index (κ3) is 5.96. The average molecular weight is 454 g/mol. The van der Waals surface area contributed by atoms with Crippen LogP contribution in [0.1, 0.15) is 59.1 Å². The lowest BCUT2D eigenvalue weighted by atomic mass is 10.0. The molecule has 0 saturated carbocycles. The van der Waals surface area contributed by atoms with Gasteiger partial charge >= 0.3 is 0 Å². The number of aromatic nitrogens is 1. The van der Waals surface area contributed by atoms with E-state index in [2.05, 4.69) is 13.8 Å². The van der Waals surface area contributed by atoms with Crippen LogP contribution in [0.3, 0.4) is 0 Å². The number of aryl methyl sites for hydroxylation is 2. The summed E-state index contributed by atoms with van der Waals surface area (Å²) in [7, 11) is 1.66. The van der Waals surface area contributed by atoms with Gasteiger partial charge in [-0.3, -0.25) is 4.79 Å². The molecule has 0 bridgehead atoms. The fourth-order valence-corrected chi connectivity index (χ4v) is 4.68. The predicted molar refractivity (Wildman–Crippen MR) is 129 cm³/mol. The molecule has 170 valence electrons. The van der Waals surface area contributed by atoms with E-state index in [1.54, 1.807) is 18.4 Å². The summed E-state index contributed by atoms with van der Waals surface area (Å²) in [6.07, 6.45) is 1.70. The zero-order valence-corrected chi connectivity index (χ0v) is 20.0. The van der Waals surface area contributed by atoms with E-state index in [1.165, 1.54) is 4.88 Å². The number of carbonyl (C=O) groups excluding carboxylic acids is 1. The van der Waals surface area contributed by atoms with E-state index in [4.69, 9.17) is 19.6 Å². The van der Waals surface area contributed by atoms with E-state index in [1.807, 2.05) is 49.4 Å². The van der Waals surface area contributed by atoms with Crippen LogP contribution in [0.25, 0.3) is 10.6 Å². The molecule has 32 heavy (non-hydrogen) atoms. The van der Waals surface area contributed by atoms with E-state index in [9.17, 15) is 4.79 Å². The molecule has 6 heteroatoms. The van der Waals surface area contributed by atoms with Crippen LogP contribution in [0, 0.1) is 6.92 Å². The lowest BCUT2D eigenvalue weighted by molar-refractivity contribution is 0.0983. The molecule has 0 saturated heterocycles. The van der Waals surface area contributed by atoms with Gasteiger partial charge in [0.1, 0.15) is 16.5 Å². The van der Waals surface area contributed by atoms with Crippen molar-refractivity contribution < 1.29 is 19.4 Å². The van der Waals surface area contributed by atoms with Crippen molar-refractivity contribution in [2.75, 3.05) is 20.3 Å².